The van der Waals surface area contributed by atoms with Gasteiger partial charge in [-0.1, -0.05) is 30.3 Å². The number of anilines is 2. The summed E-state index contributed by atoms with van der Waals surface area (Å²) in [7, 11) is 0. The molecule has 0 radical (unpaired) electrons. The standard InChI is InChI=1S/C18H19N3O3/c19-11-13-4-3-6-15(10-13)20-17(22)8-9-21-16-7-2-1-5-14(16)12-24-18(21)23/h1-7,10H,8-9,11-12,19H2,(H,20,22). The Morgan fingerprint density at radius 1 is 1.21 bits per heavy atom. The van der Waals surface area contributed by atoms with Crippen LogP contribution < -0.4 is 16.0 Å². The Morgan fingerprint density at radius 3 is 2.88 bits per heavy atom. The number of fused-ring (bicyclic) bond motifs is 1. The Kier molecular flexibility index (Phi) is 4.77. The summed E-state index contributed by atoms with van der Waals surface area (Å²) in [6.45, 7) is 0.946. The number of nitrogens with zero attached hydrogens (tertiary/aromatic N) is 1. The van der Waals surface area contributed by atoms with Crippen LogP contribution in [-0.2, 0) is 22.7 Å². The number of nitrogens with one attached hydrogen (secondary N) is 1. The highest BCUT2D eigenvalue weighted by molar-refractivity contribution is 5.94. The summed E-state index contributed by atoms with van der Waals surface area (Å²) < 4.78 is 5.14. The lowest BCUT2D eigenvalue weighted by atomic mass is 10.1. The van der Waals surface area contributed by atoms with E-state index >= 15 is 0 Å². The summed E-state index contributed by atoms with van der Waals surface area (Å²) in [6.07, 6.45) is -0.248. The third-order valence-electron chi connectivity index (χ3n) is 3.86. The molecule has 1 aliphatic heterocycles. The minimum absolute atomic E-state index is 0.167. The van der Waals surface area contributed by atoms with Crippen LogP contribution in [0.5, 0.6) is 0 Å². The van der Waals surface area contributed by atoms with Crippen LogP contribution in [0.3, 0.4) is 0 Å². The molecule has 0 saturated carbocycles. The van der Waals surface area contributed by atoms with Crippen LogP contribution in [0.4, 0.5) is 16.2 Å². The molecule has 0 unspecified atom stereocenters. The molecular weight excluding hydrogens is 306 g/mol. The van der Waals surface area contributed by atoms with Gasteiger partial charge >= 0.3 is 6.09 Å². The SMILES string of the molecule is NCc1cccc(NC(=O)CCN2C(=O)OCc3ccccc32)c1. The van der Waals surface area contributed by atoms with Gasteiger partial charge in [-0.15, -0.1) is 0 Å². The molecule has 6 heteroatoms. The molecule has 2 amide bonds. The van der Waals surface area contributed by atoms with E-state index in [9.17, 15) is 9.59 Å². The van der Waals surface area contributed by atoms with Gasteiger partial charge in [0.05, 0.1) is 5.69 Å². The molecule has 0 spiro atoms. The fourth-order valence-corrected chi connectivity index (χ4v) is 2.64. The van der Waals surface area contributed by atoms with Gasteiger partial charge in [0.15, 0.2) is 0 Å². The van der Waals surface area contributed by atoms with Crippen LogP contribution in [-0.4, -0.2) is 18.5 Å². The lowest BCUT2D eigenvalue weighted by Gasteiger charge is -2.28. The largest absolute Gasteiger partial charge is 0.444 e. The summed E-state index contributed by atoms with van der Waals surface area (Å²) in [6, 6.07) is 14.9. The molecule has 0 saturated heterocycles. The smallest absolute Gasteiger partial charge is 0.414 e. The average Bonchev–Trinajstić information content (AvgIpc) is 2.61. The van der Waals surface area contributed by atoms with Crippen molar-refractivity contribution in [2.75, 3.05) is 16.8 Å². The van der Waals surface area contributed by atoms with Crippen molar-refractivity contribution in [3.8, 4) is 0 Å². The van der Waals surface area contributed by atoms with E-state index in [0.29, 0.717) is 12.2 Å². The first kappa shape index (κ1) is 16.0. The van der Waals surface area contributed by atoms with Crippen molar-refractivity contribution in [2.45, 2.75) is 19.6 Å². The first-order valence-corrected chi connectivity index (χ1v) is 7.78. The molecule has 0 fully saturated rings. The van der Waals surface area contributed by atoms with E-state index in [-0.39, 0.29) is 25.5 Å². The van der Waals surface area contributed by atoms with E-state index in [4.69, 9.17) is 10.5 Å². The van der Waals surface area contributed by atoms with Crippen LogP contribution >= 0.6 is 0 Å². The number of carbonyl (C=O) groups excluding carboxylic acids is 2. The molecule has 2 aromatic rings. The second-order valence-electron chi connectivity index (χ2n) is 5.54. The van der Waals surface area contributed by atoms with E-state index < -0.39 is 6.09 Å². The predicted octanol–water partition coefficient (Wildman–Crippen LogP) is 2.63. The normalized spacial score (nSPS) is 13.2. The summed E-state index contributed by atoms with van der Waals surface area (Å²) in [5.41, 5.74) is 8.98. The molecule has 2 aromatic carbocycles. The Labute approximate surface area is 140 Å². The molecule has 0 aromatic heterocycles. The number of nitrogens with two attached hydrogens (primary N) is 1. The zero-order chi connectivity index (χ0) is 16.9. The highest BCUT2D eigenvalue weighted by Crippen LogP contribution is 2.26. The van der Waals surface area contributed by atoms with E-state index in [0.717, 1.165) is 16.8 Å². The number of hydrogen-bond acceptors (Lipinski definition) is 4. The van der Waals surface area contributed by atoms with E-state index in [1.165, 1.54) is 4.90 Å². The third-order valence-corrected chi connectivity index (χ3v) is 3.86. The molecule has 0 bridgehead atoms. The van der Waals surface area contributed by atoms with Crippen LogP contribution in [0.2, 0.25) is 0 Å². The van der Waals surface area contributed by atoms with Gasteiger partial charge in [-0.2, -0.15) is 0 Å². The highest BCUT2D eigenvalue weighted by Gasteiger charge is 2.25. The summed E-state index contributed by atoms with van der Waals surface area (Å²) in [5.74, 6) is -0.167. The minimum Gasteiger partial charge on any atom is -0.444 e. The number of para-hydroxylation sites is 1. The van der Waals surface area contributed by atoms with Crippen molar-refractivity contribution in [1.29, 1.82) is 0 Å². The average molecular weight is 325 g/mol. The fraction of sp³-hybridized carbons (Fsp3) is 0.222. The Morgan fingerprint density at radius 2 is 2.04 bits per heavy atom. The maximum atomic E-state index is 12.2. The first-order valence-electron chi connectivity index (χ1n) is 7.78. The van der Waals surface area contributed by atoms with Crippen molar-refractivity contribution >= 4 is 23.4 Å². The molecule has 24 heavy (non-hydrogen) atoms. The van der Waals surface area contributed by atoms with Gasteiger partial charge in [0.25, 0.3) is 0 Å². The summed E-state index contributed by atoms with van der Waals surface area (Å²) in [5, 5.41) is 2.82. The van der Waals surface area contributed by atoms with E-state index in [1.54, 1.807) is 0 Å². The van der Waals surface area contributed by atoms with Crippen molar-refractivity contribution in [2.24, 2.45) is 5.73 Å². The number of amides is 2. The number of benzene rings is 2. The molecule has 0 atom stereocenters. The quantitative estimate of drug-likeness (QED) is 0.885. The van der Waals surface area contributed by atoms with Gasteiger partial charge in [0.2, 0.25) is 5.91 Å². The zero-order valence-electron chi connectivity index (χ0n) is 13.2. The second kappa shape index (κ2) is 7.14. The maximum Gasteiger partial charge on any atom is 0.414 e. The second-order valence-corrected chi connectivity index (χ2v) is 5.54. The minimum atomic E-state index is -0.424. The number of ether oxygens (including phenoxy) is 1. The molecule has 3 rings (SSSR count). The highest BCUT2D eigenvalue weighted by atomic mass is 16.6. The predicted molar refractivity (Wildman–Crippen MR) is 91.6 cm³/mol. The van der Waals surface area contributed by atoms with Gasteiger partial charge in [-0.3, -0.25) is 9.69 Å². The zero-order valence-corrected chi connectivity index (χ0v) is 13.2. The Balaban J connectivity index is 1.63. The molecule has 3 N–H and O–H groups in total. The molecule has 1 aliphatic rings. The van der Waals surface area contributed by atoms with Gasteiger partial charge in [-0.05, 0) is 23.8 Å². The Bertz CT molecular complexity index is 761. The maximum absolute atomic E-state index is 12.2. The van der Waals surface area contributed by atoms with Gasteiger partial charge in [0, 0.05) is 30.8 Å². The first-order chi connectivity index (χ1) is 11.7. The number of hydrogen-bond donors (Lipinski definition) is 2. The van der Waals surface area contributed by atoms with Gasteiger partial charge in [-0.25, -0.2) is 4.79 Å². The summed E-state index contributed by atoms with van der Waals surface area (Å²) in [4.78, 5) is 25.6. The van der Waals surface area contributed by atoms with Crippen molar-refractivity contribution in [3.05, 3.63) is 59.7 Å². The monoisotopic (exact) mass is 325 g/mol. The van der Waals surface area contributed by atoms with Crippen LogP contribution in [0.25, 0.3) is 0 Å². The van der Waals surface area contributed by atoms with Crippen LogP contribution in [0.1, 0.15) is 17.5 Å². The fourth-order valence-electron chi connectivity index (χ4n) is 2.64. The summed E-state index contributed by atoms with van der Waals surface area (Å²) >= 11 is 0. The third kappa shape index (κ3) is 3.55. The number of rotatable bonds is 5. The van der Waals surface area contributed by atoms with Crippen molar-refractivity contribution in [1.82, 2.24) is 0 Å². The topological polar surface area (TPSA) is 84.7 Å². The van der Waals surface area contributed by atoms with E-state index in [1.807, 2.05) is 48.5 Å². The molecular formula is C18H19N3O3. The van der Waals surface area contributed by atoms with Crippen LogP contribution in [0.15, 0.2) is 48.5 Å². The molecule has 1 heterocycles. The van der Waals surface area contributed by atoms with Crippen LogP contribution in [0, 0.1) is 0 Å². The Hall–Kier alpha value is -2.86. The van der Waals surface area contributed by atoms with Gasteiger partial charge < -0.3 is 15.8 Å². The van der Waals surface area contributed by atoms with E-state index in [2.05, 4.69) is 5.32 Å². The number of cyclic esters (lactones) is 1. The molecule has 6 nitrogen and oxygen atoms in total. The molecule has 0 aliphatic carbocycles. The lowest BCUT2D eigenvalue weighted by molar-refractivity contribution is -0.116. The molecule has 124 valence electrons. The number of carbonyl (C=O) groups is 2. The van der Waals surface area contributed by atoms with Crippen molar-refractivity contribution < 1.29 is 14.3 Å². The van der Waals surface area contributed by atoms with Crippen molar-refractivity contribution in [3.63, 3.8) is 0 Å². The lowest BCUT2D eigenvalue weighted by Crippen LogP contribution is -2.37. The van der Waals surface area contributed by atoms with Gasteiger partial charge in [0.1, 0.15) is 6.61 Å².